The molecule has 4 nitrogen and oxygen atoms in total. The molecule has 1 aromatic rings. The van der Waals surface area contributed by atoms with Gasteiger partial charge in [-0.15, -0.1) is 0 Å². The molecule has 0 N–H and O–H groups in total. The topological polar surface area (TPSA) is 55.7 Å². The van der Waals surface area contributed by atoms with Crippen LogP contribution < -0.4 is 4.74 Å². The van der Waals surface area contributed by atoms with Gasteiger partial charge in [-0.1, -0.05) is 0 Å². The zero-order chi connectivity index (χ0) is 13.0. The lowest BCUT2D eigenvalue weighted by Crippen LogP contribution is -2.19. The Morgan fingerprint density at radius 1 is 1.17 bits per heavy atom. The van der Waals surface area contributed by atoms with Crippen molar-refractivity contribution < 1.29 is 14.3 Å². The molecule has 0 spiro atoms. The summed E-state index contributed by atoms with van der Waals surface area (Å²) in [6, 6.07) is 7.09. The second-order valence-corrected chi connectivity index (χ2v) is 3.83. The van der Waals surface area contributed by atoms with E-state index in [-0.39, 0.29) is 23.7 Å². The molecule has 0 aromatic heterocycles. The van der Waals surface area contributed by atoms with Crippen LogP contribution in [-0.4, -0.2) is 23.9 Å². The largest absolute Gasteiger partial charge is 0.494 e. The average Bonchev–Trinajstić information content (AvgIpc) is 2.37. The first-order valence-electron chi connectivity index (χ1n) is 5.74. The van der Waals surface area contributed by atoms with Gasteiger partial charge in [-0.05, 0) is 43.3 Å². The van der Waals surface area contributed by atoms with Crippen LogP contribution in [0.5, 0.6) is 5.75 Å². The predicted molar refractivity (Wildman–Crippen MR) is 68.5 cm³/mol. The molecule has 0 heterocycles. The van der Waals surface area contributed by atoms with E-state index in [2.05, 4.69) is 4.99 Å². The smallest absolute Gasteiger partial charge is 0.200 e. The maximum atomic E-state index is 11.5. The summed E-state index contributed by atoms with van der Waals surface area (Å²) in [6.07, 6.45) is 2.63. The summed E-state index contributed by atoms with van der Waals surface area (Å²) in [5.74, 6) is 0.454. The van der Waals surface area contributed by atoms with E-state index in [9.17, 15) is 9.59 Å². The van der Waals surface area contributed by atoms with Gasteiger partial charge in [0.15, 0.2) is 5.78 Å². The molecule has 0 atom stereocenters. The number of allylic oxidation sites excluding steroid dienone is 2. The van der Waals surface area contributed by atoms with Gasteiger partial charge in [-0.25, -0.2) is 4.99 Å². The summed E-state index contributed by atoms with van der Waals surface area (Å²) < 4.78 is 5.31. The van der Waals surface area contributed by atoms with E-state index in [4.69, 9.17) is 4.74 Å². The third-order valence-corrected chi connectivity index (χ3v) is 2.46. The molecule has 0 unspecified atom stereocenters. The second kappa shape index (κ2) is 5.40. The van der Waals surface area contributed by atoms with Gasteiger partial charge in [0, 0.05) is 0 Å². The van der Waals surface area contributed by atoms with Crippen LogP contribution >= 0.6 is 0 Å². The Morgan fingerprint density at radius 3 is 2.56 bits per heavy atom. The van der Waals surface area contributed by atoms with Gasteiger partial charge in [0.05, 0.1) is 24.4 Å². The number of benzene rings is 1. The normalized spacial score (nSPS) is 17.3. The van der Waals surface area contributed by atoms with Crippen molar-refractivity contribution in [2.24, 2.45) is 4.99 Å². The van der Waals surface area contributed by atoms with E-state index in [1.807, 2.05) is 6.92 Å². The van der Waals surface area contributed by atoms with Gasteiger partial charge in [0.25, 0.3) is 0 Å². The quantitative estimate of drug-likeness (QED) is 0.818. The number of aliphatic imine (C=N–C) groups is 1. The number of ketones is 2. The predicted octanol–water partition coefficient (Wildman–Crippen LogP) is 2.26. The summed E-state index contributed by atoms with van der Waals surface area (Å²) >= 11 is 0. The number of carbonyl (C=O) groups is 2. The van der Waals surface area contributed by atoms with Gasteiger partial charge in [0.1, 0.15) is 5.75 Å². The van der Waals surface area contributed by atoms with Crippen LogP contribution in [0.1, 0.15) is 13.3 Å². The molecule has 18 heavy (non-hydrogen) atoms. The first-order valence-corrected chi connectivity index (χ1v) is 5.74. The highest BCUT2D eigenvalue weighted by Crippen LogP contribution is 2.19. The highest BCUT2D eigenvalue weighted by Gasteiger charge is 2.17. The number of carbonyl (C=O) groups excluding carboxylic acids is 2. The highest BCUT2D eigenvalue weighted by atomic mass is 16.5. The fourth-order valence-corrected chi connectivity index (χ4v) is 1.61. The average molecular weight is 243 g/mol. The van der Waals surface area contributed by atoms with Crippen molar-refractivity contribution in [3.05, 3.63) is 36.4 Å². The number of hydrogen-bond acceptors (Lipinski definition) is 4. The number of hydrogen-bond donors (Lipinski definition) is 0. The summed E-state index contributed by atoms with van der Waals surface area (Å²) in [7, 11) is 0. The maximum absolute atomic E-state index is 11.5. The van der Waals surface area contributed by atoms with Crippen LogP contribution in [0, 0.1) is 0 Å². The molecule has 1 aromatic carbocycles. The first-order chi connectivity index (χ1) is 8.69. The monoisotopic (exact) mass is 243 g/mol. The van der Waals surface area contributed by atoms with Crippen molar-refractivity contribution in [1.82, 2.24) is 0 Å². The van der Waals surface area contributed by atoms with Crippen LogP contribution in [-0.2, 0) is 9.59 Å². The Morgan fingerprint density at radius 2 is 1.89 bits per heavy atom. The zero-order valence-electron chi connectivity index (χ0n) is 10.1. The highest BCUT2D eigenvalue weighted by molar-refractivity contribution is 6.49. The van der Waals surface area contributed by atoms with Crippen LogP contribution in [0.4, 0.5) is 5.69 Å². The van der Waals surface area contributed by atoms with Crippen LogP contribution in [0.25, 0.3) is 0 Å². The number of ether oxygens (including phenoxy) is 1. The molecule has 0 aliphatic heterocycles. The van der Waals surface area contributed by atoms with Gasteiger partial charge in [0.2, 0.25) is 5.78 Å². The summed E-state index contributed by atoms with van der Waals surface area (Å²) in [5, 5.41) is 0. The molecule has 0 fully saturated rings. The minimum absolute atomic E-state index is 0.0720. The third-order valence-electron chi connectivity index (χ3n) is 2.46. The Kier molecular flexibility index (Phi) is 3.67. The standard InChI is InChI=1S/C14H13NO3/c1-2-18-12-6-3-10(4-7-12)15-13-9-11(16)5-8-14(13)17/h3-8H,2,9H2,1H3. The molecule has 0 saturated heterocycles. The molecule has 1 aliphatic carbocycles. The molecule has 0 radical (unpaired) electrons. The van der Waals surface area contributed by atoms with Crippen LogP contribution in [0.3, 0.4) is 0 Å². The van der Waals surface area contributed by atoms with Crippen molar-refractivity contribution in [1.29, 1.82) is 0 Å². The van der Waals surface area contributed by atoms with Crippen LogP contribution in [0.15, 0.2) is 41.4 Å². The molecule has 4 heteroatoms. The summed E-state index contributed by atoms with van der Waals surface area (Å²) in [4.78, 5) is 26.9. The number of nitrogens with zero attached hydrogens (tertiary/aromatic N) is 1. The minimum Gasteiger partial charge on any atom is -0.494 e. The third kappa shape index (κ3) is 2.91. The van der Waals surface area contributed by atoms with Crippen LogP contribution in [0.2, 0.25) is 0 Å². The second-order valence-electron chi connectivity index (χ2n) is 3.83. The van der Waals surface area contributed by atoms with Crippen molar-refractivity contribution in [3.63, 3.8) is 0 Å². The van der Waals surface area contributed by atoms with E-state index in [1.54, 1.807) is 24.3 Å². The Balaban J connectivity index is 2.19. The van der Waals surface area contributed by atoms with Gasteiger partial charge >= 0.3 is 0 Å². The van der Waals surface area contributed by atoms with E-state index in [1.165, 1.54) is 12.2 Å². The Bertz CT molecular complexity index is 526. The maximum Gasteiger partial charge on any atom is 0.200 e. The fraction of sp³-hybridized carbons (Fsp3) is 0.214. The Labute approximate surface area is 105 Å². The zero-order valence-corrected chi connectivity index (χ0v) is 10.1. The van der Waals surface area contributed by atoms with E-state index < -0.39 is 0 Å². The van der Waals surface area contributed by atoms with E-state index in [0.717, 1.165) is 5.75 Å². The van der Waals surface area contributed by atoms with Crippen molar-refractivity contribution in [2.75, 3.05) is 6.61 Å². The fourth-order valence-electron chi connectivity index (χ4n) is 1.61. The molecule has 0 bridgehead atoms. The first kappa shape index (κ1) is 12.2. The van der Waals surface area contributed by atoms with Gasteiger partial charge in [-0.3, -0.25) is 9.59 Å². The van der Waals surface area contributed by atoms with Gasteiger partial charge < -0.3 is 4.74 Å². The summed E-state index contributed by atoms with van der Waals surface area (Å²) in [5.41, 5.74) is 0.927. The lowest BCUT2D eigenvalue weighted by Gasteiger charge is -2.06. The molecule has 92 valence electrons. The van der Waals surface area contributed by atoms with E-state index in [0.29, 0.717) is 12.3 Å². The molecule has 2 rings (SSSR count). The lowest BCUT2D eigenvalue weighted by molar-refractivity contribution is -0.116. The molecule has 0 saturated carbocycles. The van der Waals surface area contributed by atoms with Gasteiger partial charge in [-0.2, -0.15) is 0 Å². The SMILES string of the molecule is CCOc1ccc(N=C2CC(=O)C=CC2=O)cc1. The molecular formula is C14H13NO3. The molecule has 1 aliphatic rings. The van der Waals surface area contributed by atoms with Crippen molar-refractivity contribution >= 4 is 23.0 Å². The lowest BCUT2D eigenvalue weighted by atomic mass is 10.0. The van der Waals surface area contributed by atoms with E-state index >= 15 is 0 Å². The molecular weight excluding hydrogens is 230 g/mol. The number of rotatable bonds is 3. The minimum atomic E-state index is -0.205. The van der Waals surface area contributed by atoms with Crippen molar-refractivity contribution in [3.8, 4) is 5.75 Å². The molecule has 0 amide bonds. The Hall–Kier alpha value is -2.23. The van der Waals surface area contributed by atoms with Crippen molar-refractivity contribution in [2.45, 2.75) is 13.3 Å². The summed E-state index contributed by atoms with van der Waals surface area (Å²) in [6.45, 7) is 2.51.